The summed E-state index contributed by atoms with van der Waals surface area (Å²) in [6.07, 6.45) is 5.10. The molecule has 15 heavy (non-hydrogen) atoms. The molecular formula is C13H15NS. The predicted octanol–water partition coefficient (Wildman–Crippen LogP) is 3.98. The number of rotatable bonds is 4. The molecule has 0 radical (unpaired) electrons. The maximum Gasteiger partial charge on any atom is 0.0938 e. The van der Waals surface area contributed by atoms with Crippen molar-refractivity contribution in [1.29, 1.82) is 0 Å². The highest BCUT2D eigenvalue weighted by molar-refractivity contribution is 7.18. The topological polar surface area (TPSA) is 12.9 Å². The van der Waals surface area contributed by atoms with E-state index in [1.54, 1.807) is 0 Å². The maximum absolute atomic E-state index is 4.69. The lowest BCUT2D eigenvalue weighted by molar-refractivity contribution is 0.912. The van der Waals surface area contributed by atoms with Crippen LogP contribution in [0.1, 0.15) is 23.9 Å². The Morgan fingerprint density at radius 3 is 3.07 bits per heavy atom. The van der Waals surface area contributed by atoms with Crippen LogP contribution in [0.2, 0.25) is 0 Å². The average molecular weight is 217 g/mol. The highest BCUT2D eigenvalue weighted by Crippen LogP contribution is 2.26. The first-order chi connectivity index (χ1) is 7.35. The van der Waals surface area contributed by atoms with Gasteiger partial charge < -0.3 is 0 Å². The summed E-state index contributed by atoms with van der Waals surface area (Å²) in [6, 6.07) is 6.40. The van der Waals surface area contributed by atoms with Crippen LogP contribution in [0, 0.1) is 0 Å². The zero-order valence-corrected chi connectivity index (χ0v) is 9.81. The van der Waals surface area contributed by atoms with Crippen molar-refractivity contribution in [3.8, 4) is 0 Å². The van der Waals surface area contributed by atoms with Gasteiger partial charge in [-0.15, -0.1) is 17.9 Å². The fraction of sp³-hybridized carbons (Fsp3) is 0.308. The molecule has 0 saturated heterocycles. The number of benzene rings is 1. The van der Waals surface area contributed by atoms with Crippen LogP contribution in [0.5, 0.6) is 0 Å². The molecule has 0 N–H and O–H groups in total. The van der Waals surface area contributed by atoms with E-state index in [0.717, 1.165) is 19.3 Å². The van der Waals surface area contributed by atoms with Gasteiger partial charge in [0.2, 0.25) is 0 Å². The fourth-order valence-electron chi connectivity index (χ4n) is 1.69. The van der Waals surface area contributed by atoms with Gasteiger partial charge in [-0.1, -0.05) is 25.1 Å². The molecule has 0 aliphatic heterocycles. The van der Waals surface area contributed by atoms with Gasteiger partial charge in [0, 0.05) is 0 Å². The lowest BCUT2D eigenvalue weighted by atomic mass is 10.1. The minimum atomic E-state index is 0.909. The van der Waals surface area contributed by atoms with Crippen LogP contribution in [0.15, 0.2) is 30.9 Å². The molecule has 1 aromatic carbocycles. The second-order valence-corrected chi connectivity index (χ2v) is 4.73. The van der Waals surface area contributed by atoms with Gasteiger partial charge in [0.1, 0.15) is 0 Å². The lowest BCUT2D eigenvalue weighted by Gasteiger charge is -1.96. The molecule has 1 aromatic heterocycles. The molecule has 0 saturated carbocycles. The van der Waals surface area contributed by atoms with Gasteiger partial charge in [-0.05, 0) is 30.9 Å². The van der Waals surface area contributed by atoms with Crippen molar-refractivity contribution < 1.29 is 0 Å². The van der Waals surface area contributed by atoms with E-state index in [1.165, 1.54) is 20.8 Å². The minimum absolute atomic E-state index is 0.909. The van der Waals surface area contributed by atoms with Gasteiger partial charge in [0.05, 0.1) is 15.2 Å². The molecule has 0 amide bonds. The quantitative estimate of drug-likeness (QED) is 0.706. The first kappa shape index (κ1) is 10.4. The molecule has 0 atom stereocenters. The highest BCUT2D eigenvalue weighted by Gasteiger charge is 2.06. The number of allylic oxidation sites excluding steroid dienone is 1. The number of nitrogens with zero attached hydrogens (tertiary/aromatic N) is 1. The van der Waals surface area contributed by atoms with E-state index in [-0.39, 0.29) is 0 Å². The van der Waals surface area contributed by atoms with Crippen molar-refractivity contribution in [2.24, 2.45) is 0 Å². The molecule has 2 heteroatoms. The van der Waals surface area contributed by atoms with Crippen LogP contribution in [0.25, 0.3) is 10.2 Å². The van der Waals surface area contributed by atoms with Crippen molar-refractivity contribution in [2.45, 2.75) is 26.2 Å². The van der Waals surface area contributed by atoms with Crippen LogP contribution in [-0.2, 0) is 12.8 Å². The summed E-state index contributed by atoms with van der Waals surface area (Å²) in [5.41, 5.74) is 2.46. The lowest BCUT2D eigenvalue weighted by Crippen LogP contribution is -1.84. The Labute approximate surface area is 94.5 Å². The number of hydrogen-bond donors (Lipinski definition) is 0. The summed E-state index contributed by atoms with van der Waals surface area (Å²) >= 11 is 1.82. The molecule has 1 nitrogen and oxygen atoms in total. The Bertz CT molecular complexity index is 470. The Kier molecular flexibility index (Phi) is 3.17. The molecule has 2 aromatic rings. The zero-order chi connectivity index (χ0) is 10.7. The van der Waals surface area contributed by atoms with E-state index >= 15 is 0 Å². The number of fused-ring (bicyclic) bond motifs is 1. The normalized spacial score (nSPS) is 10.7. The zero-order valence-electron chi connectivity index (χ0n) is 8.99. The molecule has 78 valence electrons. The second-order valence-electron chi connectivity index (χ2n) is 3.61. The third-order valence-corrected chi connectivity index (χ3v) is 3.46. The van der Waals surface area contributed by atoms with Crippen molar-refractivity contribution in [3.63, 3.8) is 0 Å². The summed E-state index contributed by atoms with van der Waals surface area (Å²) in [4.78, 5) is 4.69. The van der Waals surface area contributed by atoms with E-state index < -0.39 is 0 Å². The number of aryl methyl sites for hydroxylation is 1. The van der Waals surface area contributed by atoms with E-state index in [9.17, 15) is 0 Å². The molecule has 0 aliphatic rings. The molecule has 1 heterocycles. The largest absolute Gasteiger partial charge is 0.241 e. The Morgan fingerprint density at radius 2 is 2.33 bits per heavy atom. The SMILES string of the molecule is C=CCc1cccc2sc(CCC)nc12. The standard InChI is InChI=1S/C13H15NS/c1-3-6-10-8-5-9-11-13(10)14-12(15-11)7-4-2/h3,5,8-9H,1,4,6-7H2,2H3. The second kappa shape index (κ2) is 4.58. The summed E-state index contributed by atoms with van der Waals surface area (Å²) < 4.78 is 1.30. The van der Waals surface area contributed by atoms with E-state index in [1.807, 2.05) is 17.4 Å². The van der Waals surface area contributed by atoms with Gasteiger partial charge >= 0.3 is 0 Å². The summed E-state index contributed by atoms with van der Waals surface area (Å²) in [5, 5.41) is 1.25. The fourth-order valence-corrected chi connectivity index (χ4v) is 2.81. The van der Waals surface area contributed by atoms with Crippen molar-refractivity contribution in [3.05, 3.63) is 41.4 Å². The molecule has 0 aliphatic carbocycles. The predicted molar refractivity (Wildman–Crippen MR) is 67.5 cm³/mol. The number of thiazole rings is 1. The van der Waals surface area contributed by atoms with Crippen LogP contribution in [-0.4, -0.2) is 4.98 Å². The maximum atomic E-state index is 4.69. The summed E-state index contributed by atoms with van der Waals surface area (Å²) in [5.74, 6) is 0. The number of para-hydroxylation sites is 1. The van der Waals surface area contributed by atoms with Gasteiger partial charge in [-0.25, -0.2) is 4.98 Å². The Balaban J connectivity index is 2.48. The van der Waals surface area contributed by atoms with Crippen molar-refractivity contribution in [2.75, 3.05) is 0 Å². The Morgan fingerprint density at radius 1 is 1.47 bits per heavy atom. The van der Waals surface area contributed by atoms with E-state index in [0.29, 0.717) is 0 Å². The minimum Gasteiger partial charge on any atom is -0.241 e. The molecule has 2 rings (SSSR count). The van der Waals surface area contributed by atoms with Crippen LogP contribution in [0.3, 0.4) is 0 Å². The molecule has 0 bridgehead atoms. The monoisotopic (exact) mass is 217 g/mol. The highest BCUT2D eigenvalue weighted by atomic mass is 32.1. The third kappa shape index (κ3) is 2.10. The number of hydrogen-bond acceptors (Lipinski definition) is 2. The van der Waals surface area contributed by atoms with Crippen LogP contribution in [0.4, 0.5) is 0 Å². The summed E-state index contributed by atoms with van der Waals surface area (Å²) in [6.45, 7) is 5.97. The van der Waals surface area contributed by atoms with Crippen molar-refractivity contribution in [1.82, 2.24) is 4.98 Å². The first-order valence-electron chi connectivity index (χ1n) is 5.33. The van der Waals surface area contributed by atoms with E-state index in [2.05, 4.69) is 31.7 Å². The summed E-state index contributed by atoms with van der Waals surface area (Å²) in [7, 11) is 0. The van der Waals surface area contributed by atoms with Gasteiger partial charge in [-0.3, -0.25) is 0 Å². The molecule has 0 unspecified atom stereocenters. The van der Waals surface area contributed by atoms with Crippen molar-refractivity contribution >= 4 is 21.6 Å². The average Bonchev–Trinajstić information content (AvgIpc) is 2.62. The van der Waals surface area contributed by atoms with Crippen LogP contribution >= 0.6 is 11.3 Å². The van der Waals surface area contributed by atoms with Gasteiger partial charge in [0.15, 0.2) is 0 Å². The first-order valence-corrected chi connectivity index (χ1v) is 6.15. The smallest absolute Gasteiger partial charge is 0.0938 e. The molecule has 0 spiro atoms. The van der Waals surface area contributed by atoms with Gasteiger partial charge in [-0.2, -0.15) is 0 Å². The Hall–Kier alpha value is -1.15. The van der Waals surface area contributed by atoms with Gasteiger partial charge in [0.25, 0.3) is 0 Å². The number of aromatic nitrogens is 1. The molecule has 0 fully saturated rings. The van der Waals surface area contributed by atoms with E-state index in [4.69, 9.17) is 4.98 Å². The van der Waals surface area contributed by atoms with Crippen LogP contribution < -0.4 is 0 Å². The molecular weight excluding hydrogens is 202 g/mol. The third-order valence-electron chi connectivity index (χ3n) is 2.37.